The van der Waals surface area contributed by atoms with E-state index in [9.17, 15) is 10.1 Å². The fraction of sp³-hybridized carbons (Fsp3) is 0.292. The average molecular weight is 449 g/mol. The number of nitrogens with two attached hydrogens (primary N) is 1. The van der Waals surface area contributed by atoms with Gasteiger partial charge in [-0.15, -0.1) is 0 Å². The van der Waals surface area contributed by atoms with Crippen LogP contribution in [0.15, 0.2) is 52.5 Å². The summed E-state index contributed by atoms with van der Waals surface area (Å²) < 4.78 is 5.98. The molecular weight excluding hydrogens is 428 g/mol. The Balaban J connectivity index is 1.70. The van der Waals surface area contributed by atoms with Gasteiger partial charge in [0.05, 0.1) is 22.6 Å². The van der Waals surface area contributed by atoms with Gasteiger partial charge in [-0.2, -0.15) is 5.26 Å². The highest BCUT2D eigenvalue weighted by molar-refractivity contribution is 6.33. The number of rotatable bonds is 3. The standard InChI is InChI=1S/C24H21ClN4O3/c1-11-16(20-12(2)21(28-3)23(27)29-22(20)17(11)10-26)9-14-5-7-19(32-14)13-4-6-15(24(30)31)18(25)8-13/h4-9,12,17,20-23,29H,1,27H2,2H3,(H,30,31). The maximum atomic E-state index is 11.2. The minimum Gasteiger partial charge on any atom is -0.478 e. The van der Waals surface area contributed by atoms with Gasteiger partial charge in [0.2, 0.25) is 0 Å². The molecule has 0 radical (unpaired) electrons. The number of hydrogen-bond acceptors (Lipinski definition) is 5. The molecule has 2 fully saturated rings. The first-order chi connectivity index (χ1) is 15.3. The molecule has 1 saturated heterocycles. The first-order valence-corrected chi connectivity index (χ1v) is 10.5. The fourth-order valence-electron chi connectivity index (χ4n) is 4.81. The summed E-state index contributed by atoms with van der Waals surface area (Å²) in [5.74, 6) is -0.601. The number of nitrogens with zero attached hydrogens (tertiary/aromatic N) is 2. The summed E-state index contributed by atoms with van der Waals surface area (Å²) in [4.78, 5) is 14.9. The lowest BCUT2D eigenvalue weighted by Crippen LogP contribution is -2.61. The fourth-order valence-corrected chi connectivity index (χ4v) is 5.07. The molecule has 32 heavy (non-hydrogen) atoms. The third-order valence-corrected chi connectivity index (χ3v) is 6.72. The molecule has 7 nitrogen and oxygen atoms in total. The van der Waals surface area contributed by atoms with Crippen LogP contribution in [0.25, 0.3) is 22.2 Å². The number of carboxylic acids is 1. The van der Waals surface area contributed by atoms with Crippen LogP contribution in [-0.2, 0) is 0 Å². The molecule has 4 N–H and O–H groups in total. The number of carbonyl (C=O) groups is 1. The first-order valence-electron chi connectivity index (χ1n) is 10.1. The Bertz CT molecular complexity index is 1220. The van der Waals surface area contributed by atoms with Crippen LogP contribution in [0.1, 0.15) is 23.0 Å². The first kappa shape index (κ1) is 21.9. The minimum atomic E-state index is -1.10. The summed E-state index contributed by atoms with van der Waals surface area (Å²) in [6.45, 7) is 13.7. The number of carboxylic acid groups (broad SMARTS) is 1. The zero-order valence-electron chi connectivity index (χ0n) is 17.2. The lowest BCUT2D eigenvalue weighted by molar-refractivity contribution is 0.0697. The molecule has 1 aliphatic carbocycles. The maximum absolute atomic E-state index is 11.2. The number of nitriles is 1. The smallest absolute Gasteiger partial charge is 0.337 e. The highest BCUT2D eigenvalue weighted by Gasteiger charge is 2.54. The van der Waals surface area contributed by atoms with E-state index >= 15 is 0 Å². The van der Waals surface area contributed by atoms with Crippen molar-refractivity contribution in [1.29, 1.82) is 5.26 Å². The molecule has 0 amide bonds. The number of piperidine rings is 1. The van der Waals surface area contributed by atoms with Crippen LogP contribution in [0.5, 0.6) is 0 Å². The normalized spacial score (nSPS) is 30.5. The lowest BCUT2D eigenvalue weighted by Gasteiger charge is -2.37. The predicted molar refractivity (Wildman–Crippen MR) is 120 cm³/mol. The van der Waals surface area contributed by atoms with Crippen molar-refractivity contribution in [2.24, 2.45) is 23.5 Å². The number of hydrogen-bond donors (Lipinski definition) is 3. The monoisotopic (exact) mass is 448 g/mol. The molecule has 0 bridgehead atoms. The summed E-state index contributed by atoms with van der Waals surface area (Å²) in [6, 6.07) is 9.89. The molecule has 8 heteroatoms. The third-order valence-electron chi connectivity index (χ3n) is 6.41. The van der Waals surface area contributed by atoms with Crippen molar-refractivity contribution in [2.45, 2.75) is 25.2 Å². The Morgan fingerprint density at radius 1 is 1.44 bits per heavy atom. The Morgan fingerprint density at radius 3 is 2.81 bits per heavy atom. The molecule has 2 aliphatic rings. The number of furan rings is 1. The molecule has 1 aromatic heterocycles. The highest BCUT2D eigenvalue weighted by atomic mass is 35.5. The molecule has 6 atom stereocenters. The predicted octanol–water partition coefficient (Wildman–Crippen LogP) is 4.19. The second kappa shape index (κ2) is 8.29. The summed E-state index contributed by atoms with van der Waals surface area (Å²) in [5.41, 5.74) is 8.40. The molecule has 1 aliphatic heterocycles. The molecule has 4 rings (SSSR count). The van der Waals surface area contributed by atoms with E-state index in [1.807, 2.05) is 13.0 Å². The van der Waals surface area contributed by atoms with Gasteiger partial charge in [-0.1, -0.05) is 31.2 Å². The van der Waals surface area contributed by atoms with Gasteiger partial charge in [-0.3, -0.25) is 5.32 Å². The summed E-state index contributed by atoms with van der Waals surface area (Å²) in [7, 11) is 0. The van der Waals surface area contributed by atoms with Crippen LogP contribution in [0.2, 0.25) is 5.02 Å². The van der Waals surface area contributed by atoms with Gasteiger partial charge in [-0.25, -0.2) is 11.4 Å². The second-order valence-electron chi connectivity index (χ2n) is 8.16. The van der Waals surface area contributed by atoms with Crippen molar-refractivity contribution in [3.8, 4) is 17.4 Å². The van der Waals surface area contributed by atoms with Crippen molar-refractivity contribution < 1.29 is 14.3 Å². The second-order valence-corrected chi connectivity index (χ2v) is 8.56. The van der Waals surface area contributed by atoms with Gasteiger partial charge in [0.25, 0.3) is 6.04 Å². The Morgan fingerprint density at radius 2 is 2.19 bits per heavy atom. The largest absolute Gasteiger partial charge is 0.478 e. The number of aromatic carboxylic acids is 1. The van der Waals surface area contributed by atoms with E-state index in [0.29, 0.717) is 22.7 Å². The summed E-state index contributed by atoms with van der Waals surface area (Å²) >= 11 is 6.08. The molecule has 162 valence electrons. The van der Waals surface area contributed by atoms with Crippen molar-refractivity contribution in [2.75, 3.05) is 0 Å². The van der Waals surface area contributed by atoms with Gasteiger partial charge in [0.15, 0.2) is 0 Å². The van der Waals surface area contributed by atoms with Crippen LogP contribution in [0.4, 0.5) is 0 Å². The number of halogens is 1. The van der Waals surface area contributed by atoms with Crippen molar-refractivity contribution in [3.05, 3.63) is 75.8 Å². The maximum Gasteiger partial charge on any atom is 0.337 e. The molecule has 2 aromatic rings. The van der Waals surface area contributed by atoms with E-state index in [2.05, 4.69) is 22.8 Å². The molecular formula is C24H21ClN4O3. The van der Waals surface area contributed by atoms with Crippen LogP contribution in [0.3, 0.4) is 0 Å². The SMILES string of the molecule is [C-]#[N+]C1C(N)NC2C(C#N)C(=C)C(=Cc3ccc(-c4ccc(C(=O)O)c(Cl)c4)o3)C2C1C. The zero-order valence-corrected chi connectivity index (χ0v) is 18.0. The van der Waals surface area contributed by atoms with Crippen molar-refractivity contribution in [1.82, 2.24) is 5.32 Å². The Kier molecular flexibility index (Phi) is 5.66. The van der Waals surface area contributed by atoms with Crippen LogP contribution >= 0.6 is 11.6 Å². The molecule has 2 heterocycles. The number of fused-ring (bicyclic) bond motifs is 1. The average Bonchev–Trinajstić information content (AvgIpc) is 3.31. The topological polar surface area (TPSA) is 117 Å². The van der Waals surface area contributed by atoms with Gasteiger partial charge >= 0.3 is 5.97 Å². The molecule has 1 saturated carbocycles. The van der Waals surface area contributed by atoms with Gasteiger partial charge in [0, 0.05) is 23.4 Å². The minimum absolute atomic E-state index is 0.0199. The van der Waals surface area contributed by atoms with Crippen molar-refractivity contribution >= 4 is 23.6 Å². The van der Waals surface area contributed by atoms with Crippen LogP contribution in [0, 0.1) is 35.7 Å². The molecule has 6 unspecified atom stereocenters. The molecule has 0 spiro atoms. The summed E-state index contributed by atoms with van der Waals surface area (Å²) in [5, 5.41) is 22.3. The van der Waals surface area contributed by atoms with E-state index < -0.39 is 24.1 Å². The van der Waals surface area contributed by atoms with Crippen LogP contribution in [-0.4, -0.2) is 29.3 Å². The van der Waals surface area contributed by atoms with Crippen molar-refractivity contribution in [3.63, 3.8) is 0 Å². The van der Waals surface area contributed by atoms with Gasteiger partial charge < -0.3 is 20.1 Å². The van der Waals surface area contributed by atoms with E-state index in [1.165, 1.54) is 6.07 Å². The third kappa shape index (κ3) is 3.51. The van der Waals surface area contributed by atoms with E-state index in [1.54, 1.807) is 24.3 Å². The Labute approximate surface area is 190 Å². The summed E-state index contributed by atoms with van der Waals surface area (Å²) in [6.07, 6.45) is 1.37. The van der Waals surface area contributed by atoms with Crippen LogP contribution < -0.4 is 11.1 Å². The highest BCUT2D eigenvalue weighted by Crippen LogP contribution is 2.48. The van der Waals surface area contributed by atoms with Gasteiger partial charge in [0.1, 0.15) is 17.7 Å². The van der Waals surface area contributed by atoms with E-state index in [-0.39, 0.29) is 28.5 Å². The molecule has 1 aromatic carbocycles. The Hall–Kier alpha value is -3.36. The quantitative estimate of drug-likeness (QED) is 0.606. The van der Waals surface area contributed by atoms with E-state index in [4.69, 9.17) is 33.4 Å². The van der Waals surface area contributed by atoms with Gasteiger partial charge in [-0.05, 0) is 41.5 Å². The number of benzene rings is 1. The number of nitrogens with one attached hydrogen (secondary N) is 1. The zero-order chi connectivity index (χ0) is 23.2. The van der Waals surface area contributed by atoms with E-state index in [0.717, 1.165) is 5.57 Å². The lowest BCUT2D eigenvalue weighted by atomic mass is 9.76.